The van der Waals surface area contributed by atoms with Crippen LogP contribution in [0.25, 0.3) is 28.3 Å². The topological polar surface area (TPSA) is 82.9 Å². The van der Waals surface area contributed by atoms with Crippen molar-refractivity contribution in [3.63, 3.8) is 0 Å². The summed E-state index contributed by atoms with van der Waals surface area (Å²) >= 11 is 6.91. The van der Waals surface area contributed by atoms with E-state index >= 15 is 0 Å². The molecule has 2 aliphatic rings. The van der Waals surface area contributed by atoms with Gasteiger partial charge < -0.3 is 14.6 Å². The van der Waals surface area contributed by atoms with Gasteiger partial charge in [-0.2, -0.15) is 5.26 Å². The van der Waals surface area contributed by atoms with Gasteiger partial charge in [-0.05, 0) is 53.9 Å². The summed E-state index contributed by atoms with van der Waals surface area (Å²) < 4.78 is 4.06. The number of aliphatic hydroxyl groups is 1. The highest BCUT2D eigenvalue weighted by molar-refractivity contribution is 6.32. The number of aromatic nitrogens is 4. The zero-order valence-corrected chi connectivity index (χ0v) is 17.9. The standard InChI is InChI=1S/C24H19ClN6O/c25-23-20(16-3-1-15(11-26)2-4-16)10-22-24-28-27-14-31(24)21-6-5-18(9-17(21)12-30(22)23)29-8-7-19(32)13-29/h1-6,9-10,14,19,32H,7-8,12-13H2/t19-/m0/s1. The molecule has 158 valence electrons. The number of anilines is 1. The summed E-state index contributed by atoms with van der Waals surface area (Å²) in [6, 6.07) is 17.9. The number of aliphatic hydroxyl groups excluding tert-OH is 1. The van der Waals surface area contributed by atoms with Crippen LogP contribution in [0.2, 0.25) is 5.15 Å². The van der Waals surface area contributed by atoms with Gasteiger partial charge in [0.25, 0.3) is 0 Å². The Kier molecular flexibility index (Phi) is 4.32. The average Bonchev–Trinajstić information content (AvgIpc) is 3.52. The number of hydrogen-bond acceptors (Lipinski definition) is 5. The fraction of sp³-hybridized carbons (Fsp3) is 0.208. The highest BCUT2D eigenvalue weighted by Crippen LogP contribution is 2.40. The predicted octanol–water partition coefficient (Wildman–Crippen LogP) is 3.86. The molecule has 1 saturated heterocycles. The Morgan fingerprint density at radius 1 is 1.12 bits per heavy atom. The second-order valence-electron chi connectivity index (χ2n) is 8.24. The van der Waals surface area contributed by atoms with E-state index in [1.54, 1.807) is 18.5 Å². The largest absolute Gasteiger partial charge is 0.391 e. The van der Waals surface area contributed by atoms with Gasteiger partial charge in [0.15, 0.2) is 5.82 Å². The van der Waals surface area contributed by atoms with Crippen molar-refractivity contribution in [2.24, 2.45) is 0 Å². The van der Waals surface area contributed by atoms with E-state index in [9.17, 15) is 5.11 Å². The molecule has 4 aromatic rings. The van der Waals surface area contributed by atoms with Crippen molar-refractivity contribution in [1.82, 2.24) is 19.3 Å². The van der Waals surface area contributed by atoms with Gasteiger partial charge >= 0.3 is 0 Å². The maximum Gasteiger partial charge on any atom is 0.185 e. The summed E-state index contributed by atoms with van der Waals surface area (Å²) in [5.41, 5.74) is 6.55. The Labute approximate surface area is 189 Å². The van der Waals surface area contributed by atoms with Crippen LogP contribution in [0.3, 0.4) is 0 Å². The molecule has 4 heterocycles. The van der Waals surface area contributed by atoms with Crippen LogP contribution in [0.15, 0.2) is 54.9 Å². The van der Waals surface area contributed by atoms with E-state index in [1.807, 2.05) is 22.8 Å². The highest BCUT2D eigenvalue weighted by Gasteiger charge is 2.27. The first-order valence-corrected chi connectivity index (χ1v) is 10.9. The van der Waals surface area contributed by atoms with E-state index in [1.165, 1.54) is 0 Å². The minimum absolute atomic E-state index is 0.279. The molecule has 0 amide bonds. The predicted molar refractivity (Wildman–Crippen MR) is 122 cm³/mol. The van der Waals surface area contributed by atoms with Gasteiger partial charge in [-0.1, -0.05) is 23.7 Å². The lowest BCUT2D eigenvalue weighted by Crippen LogP contribution is -2.21. The Morgan fingerprint density at radius 2 is 1.97 bits per heavy atom. The van der Waals surface area contributed by atoms with E-state index in [0.717, 1.165) is 52.5 Å². The van der Waals surface area contributed by atoms with Crippen LogP contribution in [0.1, 0.15) is 17.5 Å². The van der Waals surface area contributed by atoms with E-state index in [4.69, 9.17) is 16.9 Å². The van der Waals surface area contributed by atoms with Crippen molar-refractivity contribution in [2.45, 2.75) is 19.1 Å². The molecule has 1 N–H and O–H groups in total. The Bertz CT molecular complexity index is 1380. The molecule has 1 fully saturated rings. The summed E-state index contributed by atoms with van der Waals surface area (Å²) in [6.07, 6.45) is 2.23. The first-order valence-electron chi connectivity index (χ1n) is 10.5. The zero-order chi connectivity index (χ0) is 21.8. The van der Waals surface area contributed by atoms with E-state index in [0.29, 0.717) is 23.8 Å². The maximum atomic E-state index is 9.96. The van der Waals surface area contributed by atoms with Crippen molar-refractivity contribution in [3.8, 4) is 34.4 Å². The molecular formula is C24H19ClN6O. The number of fused-ring (bicyclic) bond motifs is 5. The van der Waals surface area contributed by atoms with E-state index < -0.39 is 0 Å². The number of nitrogens with zero attached hydrogens (tertiary/aromatic N) is 6. The van der Waals surface area contributed by atoms with E-state index in [-0.39, 0.29) is 6.10 Å². The van der Waals surface area contributed by atoms with Gasteiger partial charge in [0, 0.05) is 24.3 Å². The Hall–Kier alpha value is -3.60. The molecule has 0 aliphatic carbocycles. The lowest BCUT2D eigenvalue weighted by Gasteiger charge is -2.20. The van der Waals surface area contributed by atoms with Crippen LogP contribution in [0, 0.1) is 11.3 Å². The summed E-state index contributed by atoms with van der Waals surface area (Å²) in [6.45, 7) is 2.08. The summed E-state index contributed by atoms with van der Waals surface area (Å²) in [5.74, 6) is 0.731. The molecule has 6 rings (SSSR count). The molecule has 2 aromatic heterocycles. The monoisotopic (exact) mass is 442 g/mol. The minimum atomic E-state index is -0.279. The third-order valence-electron chi connectivity index (χ3n) is 6.31. The third kappa shape index (κ3) is 2.92. The summed E-state index contributed by atoms with van der Waals surface area (Å²) in [7, 11) is 0. The van der Waals surface area contributed by atoms with Crippen molar-refractivity contribution in [1.29, 1.82) is 5.26 Å². The molecule has 8 heteroatoms. The van der Waals surface area contributed by atoms with Crippen molar-refractivity contribution >= 4 is 17.3 Å². The highest BCUT2D eigenvalue weighted by atomic mass is 35.5. The fourth-order valence-corrected chi connectivity index (χ4v) is 4.97. The third-order valence-corrected chi connectivity index (χ3v) is 6.72. The summed E-state index contributed by atoms with van der Waals surface area (Å²) in [4.78, 5) is 2.21. The maximum absolute atomic E-state index is 9.96. The van der Waals surface area contributed by atoms with Crippen LogP contribution in [0.4, 0.5) is 5.69 Å². The van der Waals surface area contributed by atoms with Gasteiger partial charge in [0.1, 0.15) is 11.5 Å². The molecule has 2 aliphatic heterocycles. The van der Waals surface area contributed by atoms with Crippen molar-refractivity contribution in [2.75, 3.05) is 18.0 Å². The first kappa shape index (κ1) is 19.1. The van der Waals surface area contributed by atoms with Crippen LogP contribution >= 0.6 is 11.6 Å². The first-order chi connectivity index (χ1) is 15.6. The molecule has 0 radical (unpaired) electrons. The number of halogens is 1. The number of rotatable bonds is 2. The van der Waals surface area contributed by atoms with Crippen molar-refractivity contribution < 1.29 is 5.11 Å². The molecule has 0 spiro atoms. The molecule has 1 atom stereocenters. The van der Waals surface area contributed by atoms with Gasteiger partial charge in [-0.25, -0.2) is 0 Å². The van der Waals surface area contributed by atoms with Gasteiger partial charge in [0.05, 0.1) is 35.7 Å². The van der Waals surface area contributed by atoms with E-state index in [2.05, 4.69) is 43.9 Å². The quantitative estimate of drug-likeness (QED) is 0.449. The Balaban J connectivity index is 1.48. The molecule has 0 bridgehead atoms. The molecule has 32 heavy (non-hydrogen) atoms. The van der Waals surface area contributed by atoms with Gasteiger partial charge in [0.2, 0.25) is 0 Å². The smallest absolute Gasteiger partial charge is 0.185 e. The fourth-order valence-electron chi connectivity index (χ4n) is 4.65. The molecule has 2 aromatic carbocycles. The van der Waals surface area contributed by atoms with Crippen LogP contribution in [-0.4, -0.2) is 43.6 Å². The van der Waals surface area contributed by atoms with Crippen molar-refractivity contribution in [3.05, 3.63) is 71.1 Å². The number of β-amino-alcohol motifs (C(OH)–C–C–N with tert-alkyl or cyclic N) is 1. The Morgan fingerprint density at radius 3 is 2.72 bits per heavy atom. The normalized spacial score (nSPS) is 16.8. The second-order valence-corrected chi connectivity index (χ2v) is 8.59. The van der Waals surface area contributed by atoms with Crippen LogP contribution in [0.5, 0.6) is 0 Å². The number of hydrogen-bond donors (Lipinski definition) is 1. The lowest BCUT2D eigenvalue weighted by atomic mass is 10.1. The number of benzene rings is 2. The molecule has 7 nitrogen and oxygen atoms in total. The molecular weight excluding hydrogens is 424 g/mol. The lowest BCUT2D eigenvalue weighted by molar-refractivity contribution is 0.198. The average molecular weight is 443 g/mol. The van der Waals surface area contributed by atoms with Gasteiger partial charge in [-0.3, -0.25) is 4.57 Å². The van der Waals surface area contributed by atoms with Gasteiger partial charge in [-0.15, -0.1) is 10.2 Å². The number of nitriles is 1. The molecule has 0 saturated carbocycles. The SMILES string of the molecule is N#Cc1ccc(-c2cc3n(c2Cl)Cc2cc(N4CC[C@H](O)C4)ccc2-n2cnnc2-3)cc1. The van der Waals surface area contributed by atoms with Crippen LogP contribution in [-0.2, 0) is 6.54 Å². The van der Waals surface area contributed by atoms with Crippen LogP contribution < -0.4 is 4.90 Å². The summed E-state index contributed by atoms with van der Waals surface area (Å²) in [5, 5.41) is 28.2. The second kappa shape index (κ2) is 7.23. The zero-order valence-electron chi connectivity index (χ0n) is 17.1. The molecule has 0 unspecified atom stereocenters. The minimum Gasteiger partial charge on any atom is -0.391 e.